The van der Waals surface area contributed by atoms with Gasteiger partial charge in [0.25, 0.3) is 5.91 Å². The minimum absolute atomic E-state index is 0.000893. The number of guanidine groups is 1. The molecular weight excluding hydrogens is 526 g/mol. The SMILES string of the molecule is COCCOCCOCCNS(=O)(=O)c1ccc(Oc2c(F)cc(/C=C(\C)C(=O)N=C(N)N)cc2F)cc1. The largest absolute Gasteiger partial charge is 0.451 e. The molecule has 0 saturated heterocycles. The van der Waals surface area contributed by atoms with Crippen molar-refractivity contribution in [3.8, 4) is 11.5 Å². The standard InChI is InChI=1S/C24H30F2N4O7S/c1-16(23(31)30-24(27)28)13-17-14-20(25)22(21(26)15-17)37-18-3-5-19(6-4-18)38(32,33)29-7-8-35-11-12-36-10-9-34-2/h3-6,13-15,29H,7-12H2,1-2H3,(H4,27,28,30,31)/b16-13+. The number of amides is 1. The van der Waals surface area contributed by atoms with Crippen LogP contribution in [-0.4, -0.2) is 67.0 Å². The molecule has 0 bridgehead atoms. The van der Waals surface area contributed by atoms with Gasteiger partial charge in [-0.1, -0.05) is 0 Å². The summed E-state index contributed by atoms with van der Waals surface area (Å²) < 4.78 is 77.0. The third kappa shape index (κ3) is 10.1. The van der Waals surface area contributed by atoms with Gasteiger partial charge >= 0.3 is 0 Å². The first-order chi connectivity index (χ1) is 18.0. The molecule has 2 aromatic carbocycles. The molecule has 0 aromatic heterocycles. The van der Waals surface area contributed by atoms with Crippen LogP contribution in [0.4, 0.5) is 8.78 Å². The number of methoxy groups -OCH3 is 1. The molecule has 0 spiro atoms. The summed E-state index contributed by atoms with van der Waals surface area (Å²) in [5.74, 6) is -3.98. The fourth-order valence-electron chi connectivity index (χ4n) is 2.88. The molecule has 0 heterocycles. The Morgan fingerprint density at radius 2 is 1.58 bits per heavy atom. The molecule has 0 aliphatic rings. The highest BCUT2D eigenvalue weighted by molar-refractivity contribution is 7.89. The van der Waals surface area contributed by atoms with E-state index in [1.54, 1.807) is 7.11 Å². The number of benzene rings is 2. The molecule has 14 heteroatoms. The predicted molar refractivity (Wildman–Crippen MR) is 136 cm³/mol. The number of nitrogens with two attached hydrogens (primary N) is 2. The predicted octanol–water partition coefficient (Wildman–Crippen LogP) is 1.92. The van der Waals surface area contributed by atoms with Crippen molar-refractivity contribution in [3.63, 3.8) is 0 Å². The summed E-state index contributed by atoms with van der Waals surface area (Å²) in [4.78, 5) is 15.1. The summed E-state index contributed by atoms with van der Waals surface area (Å²) in [7, 11) is -2.28. The Labute approximate surface area is 219 Å². The van der Waals surface area contributed by atoms with Gasteiger partial charge in [-0.3, -0.25) is 4.79 Å². The third-order valence-corrected chi connectivity index (χ3v) is 6.14. The molecule has 0 aliphatic carbocycles. The molecule has 5 N–H and O–H groups in total. The number of halogens is 2. The van der Waals surface area contributed by atoms with Crippen LogP contribution in [0, 0.1) is 11.6 Å². The second-order valence-corrected chi connectivity index (χ2v) is 9.44. The topological polar surface area (TPSA) is 165 Å². The maximum atomic E-state index is 14.6. The average Bonchev–Trinajstić information content (AvgIpc) is 2.85. The van der Waals surface area contributed by atoms with Gasteiger partial charge in [-0.15, -0.1) is 0 Å². The number of aliphatic imine (C=N–C) groups is 1. The van der Waals surface area contributed by atoms with Crippen molar-refractivity contribution in [1.29, 1.82) is 0 Å². The zero-order valence-corrected chi connectivity index (χ0v) is 21.7. The maximum absolute atomic E-state index is 14.6. The van der Waals surface area contributed by atoms with E-state index in [1.807, 2.05) is 0 Å². The van der Waals surface area contributed by atoms with Crippen molar-refractivity contribution in [3.05, 3.63) is 59.2 Å². The maximum Gasteiger partial charge on any atom is 0.275 e. The number of hydrogen-bond donors (Lipinski definition) is 3. The molecule has 0 saturated carbocycles. The molecule has 2 aromatic rings. The number of sulfonamides is 1. The smallest absolute Gasteiger partial charge is 0.275 e. The van der Waals surface area contributed by atoms with Gasteiger partial charge in [0.15, 0.2) is 23.3 Å². The highest BCUT2D eigenvalue weighted by Gasteiger charge is 2.16. The van der Waals surface area contributed by atoms with Gasteiger partial charge in [0.05, 0.1) is 37.9 Å². The minimum atomic E-state index is -3.84. The molecule has 2 rings (SSSR count). The summed E-state index contributed by atoms with van der Waals surface area (Å²) in [6.45, 7) is 3.13. The number of nitrogens with zero attached hydrogens (tertiary/aromatic N) is 1. The van der Waals surface area contributed by atoms with Crippen LogP contribution >= 0.6 is 0 Å². The average molecular weight is 557 g/mol. The highest BCUT2D eigenvalue weighted by Crippen LogP contribution is 2.30. The van der Waals surface area contributed by atoms with E-state index >= 15 is 0 Å². The molecule has 208 valence electrons. The Kier molecular flexibility index (Phi) is 12.2. The van der Waals surface area contributed by atoms with Crippen molar-refractivity contribution >= 4 is 28.0 Å². The van der Waals surface area contributed by atoms with E-state index in [2.05, 4.69) is 9.71 Å². The highest BCUT2D eigenvalue weighted by atomic mass is 32.2. The number of carbonyl (C=O) groups excluding carboxylic acids is 1. The van der Waals surface area contributed by atoms with Crippen LogP contribution in [0.3, 0.4) is 0 Å². The first-order valence-electron chi connectivity index (χ1n) is 11.3. The monoisotopic (exact) mass is 556 g/mol. The zero-order valence-electron chi connectivity index (χ0n) is 20.9. The number of ether oxygens (including phenoxy) is 4. The van der Waals surface area contributed by atoms with E-state index in [0.717, 1.165) is 12.1 Å². The van der Waals surface area contributed by atoms with Crippen LogP contribution in [-0.2, 0) is 29.0 Å². The number of carbonyl (C=O) groups is 1. The van der Waals surface area contributed by atoms with E-state index < -0.39 is 39.3 Å². The van der Waals surface area contributed by atoms with Crippen molar-refractivity contribution in [2.24, 2.45) is 16.5 Å². The van der Waals surface area contributed by atoms with Gasteiger partial charge in [0.2, 0.25) is 10.0 Å². The van der Waals surface area contributed by atoms with Crippen LogP contribution in [0.1, 0.15) is 12.5 Å². The first kappa shape index (κ1) is 30.8. The third-order valence-electron chi connectivity index (χ3n) is 4.67. The van der Waals surface area contributed by atoms with Gasteiger partial charge in [0, 0.05) is 19.2 Å². The van der Waals surface area contributed by atoms with E-state index in [1.165, 1.54) is 37.3 Å². The van der Waals surface area contributed by atoms with E-state index in [4.69, 9.17) is 30.4 Å². The quantitative estimate of drug-likeness (QED) is 0.129. The zero-order chi connectivity index (χ0) is 28.1. The van der Waals surface area contributed by atoms with E-state index in [9.17, 15) is 22.0 Å². The number of rotatable bonds is 15. The summed E-state index contributed by atoms with van der Waals surface area (Å²) in [5.41, 5.74) is 10.4. The van der Waals surface area contributed by atoms with Gasteiger partial charge < -0.3 is 30.4 Å². The molecular formula is C24H30F2N4O7S. The Balaban J connectivity index is 1.96. The van der Waals surface area contributed by atoms with E-state index in [-0.39, 0.29) is 34.9 Å². The molecule has 1 amide bonds. The minimum Gasteiger partial charge on any atom is -0.451 e. The van der Waals surface area contributed by atoms with Crippen LogP contribution in [0.25, 0.3) is 6.08 Å². The van der Waals surface area contributed by atoms with Gasteiger partial charge in [-0.05, 0) is 55.0 Å². The fraction of sp³-hybridized carbons (Fsp3) is 0.333. The normalized spacial score (nSPS) is 11.8. The lowest BCUT2D eigenvalue weighted by molar-refractivity contribution is -0.114. The number of nitrogens with one attached hydrogen (secondary N) is 1. The lowest BCUT2D eigenvalue weighted by Gasteiger charge is -2.11. The number of hydrogen-bond acceptors (Lipinski definition) is 7. The van der Waals surface area contributed by atoms with Gasteiger partial charge in [0.1, 0.15) is 5.75 Å². The van der Waals surface area contributed by atoms with Gasteiger partial charge in [-0.25, -0.2) is 21.9 Å². The summed E-state index contributed by atoms with van der Waals surface area (Å²) >= 11 is 0. The van der Waals surface area contributed by atoms with Gasteiger partial charge in [-0.2, -0.15) is 4.99 Å². The molecule has 38 heavy (non-hydrogen) atoms. The molecule has 0 fully saturated rings. The lowest BCUT2D eigenvalue weighted by atomic mass is 10.1. The van der Waals surface area contributed by atoms with Crippen molar-refractivity contribution in [1.82, 2.24) is 4.72 Å². The fourth-order valence-corrected chi connectivity index (χ4v) is 3.89. The Bertz CT molecular complexity index is 1230. The lowest BCUT2D eigenvalue weighted by Crippen LogP contribution is -2.27. The first-order valence-corrected chi connectivity index (χ1v) is 12.7. The van der Waals surface area contributed by atoms with Crippen molar-refractivity contribution < 1.29 is 40.9 Å². The Morgan fingerprint density at radius 3 is 2.16 bits per heavy atom. The second kappa shape index (κ2) is 15.1. The van der Waals surface area contributed by atoms with E-state index in [0.29, 0.717) is 26.4 Å². The molecule has 0 radical (unpaired) electrons. The van der Waals surface area contributed by atoms with Crippen molar-refractivity contribution in [2.45, 2.75) is 11.8 Å². The molecule has 0 atom stereocenters. The Morgan fingerprint density at radius 1 is 1.00 bits per heavy atom. The van der Waals surface area contributed by atoms with Crippen molar-refractivity contribution in [2.75, 3.05) is 46.7 Å². The van der Waals surface area contributed by atoms with Crippen LogP contribution in [0.15, 0.2) is 51.9 Å². The van der Waals surface area contributed by atoms with Crippen LogP contribution in [0.2, 0.25) is 0 Å². The summed E-state index contributed by atoms with van der Waals surface area (Å²) in [6.07, 6.45) is 1.21. The summed E-state index contributed by atoms with van der Waals surface area (Å²) in [5, 5.41) is 0. The Hall–Kier alpha value is -3.43. The molecule has 11 nitrogen and oxygen atoms in total. The van der Waals surface area contributed by atoms with Crippen LogP contribution < -0.4 is 20.9 Å². The van der Waals surface area contributed by atoms with Crippen LogP contribution in [0.5, 0.6) is 11.5 Å². The second-order valence-electron chi connectivity index (χ2n) is 7.67. The summed E-state index contributed by atoms with van der Waals surface area (Å²) in [6, 6.07) is 6.89. The molecule has 0 aliphatic heterocycles. The molecule has 0 unspecified atom stereocenters.